The van der Waals surface area contributed by atoms with E-state index in [1.54, 1.807) is 39.0 Å². The Morgan fingerprint density at radius 2 is 1.78 bits per heavy atom. The lowest BCUT2D eigenvalue weighted by Gasteiger charge is -2.38. The lowest BCUT2D eigenvalue weighted by atomic mass is 10.00. The number of anilines is 5. The number of piperidine rings is 2. The van der Waals surface area contributed by atoms with Gasteiger partial charge in [-0.3, -0.25) is 34.6 Å². The van der Waals surface area contributed by atoms with Crippen LogP contribution in [0.15, 0.2) is 59.5 Å². The van der Waals surface area contributed by atoms with Gasteiger partial charge in [-0.1, -0.05) is 6.07 Å². The summed E-state index contributed by atoms with van der Waals surface area (Å²) in [6.07, 6.45) is 6.97. The topological polar surface area (TPSA) is 175 Å². The number of aromatic nitrogens is 4. The fourth-order valence-electron chi connectivity index (χ4n) is 8.49. The van der Waals surface area contributed by atoms with Crippen LogP contribution in [0.25, 0.3) is 11.0 Å². The second-order valence-corrected chi connectivity index (χ2v) is 19.9. The SMILES string of the molecule is COc1cc(N2CCC(N(C)Cc3cc(F)c4c(c3)CN(C3CCC(=O)NC3=O)C4=O)CC2)c(C)cc1Nc1ncc(Br)c(Nc2ccc3nccnc3c2P(C)(C)=O)n1. The van der Waals surface area contributed by atoms with Gasteiger partial charge in [-0.2, -0.15) is 4.98 Å². The average molecular weight is 900 g/mol. The number of fused-ring (bicyclic) bond motifs is 2. The summed E-state index contributed by atoms with van der Waals surface area (Å²) in [5.41, 5.74) is 5.96. The third-order valence-corrected chi connectivity index (χ3v) is 13.5. The summed E-state index contributed by atoms with van der Waals surface area (Å²) in [6, 6.07) is 10.4. The first-order chi connectivity index (χ1) is 28.7. The highest BCUT2D eigenvalue weighted by molar-refractivity contribution is 9.10. The van der Waals surface area contributed by atoms with Crippen LogP contribution in [0.4, 0.5) is 33.2 Å². The number of methoxy groups -OCH3 is 1. The molecule has 0 radical (unpaired) electrons. The van der Waals surface area contributed by atoms with Crippen LogP contribution in [0.1, 0.15) is 52.7 Å². The quantitative estimate of drug-likeness (QED) is 0.101. The molecule has 1 unspecified atom stereocenters. The molecule has 8 rings (SSSR count). The molecule has 2 fully saturated rings. The van der Waals surface area contributed by atoms with Gasteiger partial charge in [-0.15, -0.1) is 0 Å². The third kappa shape index (κ3) is 8.17. The van der Waals surface area contributed by atoms with Gasteiger partial charge in [0, 0.05) is 69.0 Å². The first-order valence-corrected chi connectivity index (χ1v) is 23.0. The van der Waals surface area contributed by atoms with E-state index in [1.165, 1.54) is 11.0 Å². The van der Waals surface area contributed by atoms with Crippen molar-refractivity contribution < 1.29 is 28.1 Å². The summed E-state index contributed by atoms with van der Waals surface area (Å²) in [4.78, 5) is 61.4. The van der Waals surface area contributed by atoms with Gasteiger partial charge >= 0.3 is 0 Å². The summed E-state index contributed by atoms with van der Waals surface area (Å²) in [5, 5.41) is 9.55. The zero-order chi connectivity index (χ0) is 42.5. The molecule has 15 nitrogen and oxygen atoms in total. The van der Waals surface area contributed by atoms with Crippen molar-refractivity contribution in [3.63, 3.8) is 0 Å². The first kappa shape index (κ1) is 41.2. The first-order valence-electron chi connectivity index (χ1n) is 19.6. The lowest BCUT2D eigenvalue weighted by Crippen LogP contribution is -2.52. The van der Waals surface area contributed by atoms with Crippen molar-refractivity contribution in [1.82, 2.24) is 35.1 Å². The molecule has 3 aliphatic rings. The molecule has 3 N–H and O–H groups in total. The van der Waals surface area contributed by atoms with E-state index in [-0.39, 0.29) is 36.9 Å². The predicted octanol–water partition coefficient (Wildman–Crippen LogP) is 6.24. The normalized spacial score (nSPS) is 17.3. The highest BCUT2D eigenvalue weighted by Gasteiger charge is 2.41. The fourth-order valence-corrected chi connectivity index (χ4v) is 10.2. The van der Waals surface area contributed by atoms with Gasteiger partial charge in [-0.05, 0) is 103 Å². The molecule has 3 aliphatic heterocycles. The summed E-state index contributed by atoms with van der Waals surface area (Å²) >= 11 is 3.56. The number of hydrogen-bond donors (Lipinski definition) is 3. The molecule has 312 valence electrons. The Hall–Kier alpha value is -5.51. The van der Waals surface area contributed by atoms with Crippen molar-refractivity contribution in [2.75, 3.05) is 56.1 Å². The summed E-state index contributed by atoms with van der Waals surface area (Å²) in [7, 11) is 0.866. The van der Waals surface area contributed by atoms with Gasteiger partial charge in [0.15, 0.2) is 0 Å². The Labute approximate surface area is 355 Å². The average Bonchev–Trinajstić information content (AvgIpc) is 3.54. The molecule has 3 amide bonds. The smallest absolute Gasteiger partial charge is 0.258 e. The highest BCUT2D eigenvalue weighted by Crippen LogP contribution is 2.42. The molecule has 5 aromatic rings. The van der Waals surface area contributed by atoms with Gasteiger partial charge in [0.2, 0.25) is 17.8 Å². The Morgan fingerprint density at radius 3 is 2.52 bits per heavy atom. The Bertz CT molecular complexity index is 2600. The molecule has 2 aromatic heterocycles. The van der Waals surface area contributed by atoms with Gasteiger partial charge in [-0.25, -0.2) is 9.37 Å². The van der Waals surface area contributed by atoms with Crippen LogP contribution in [0.5, 0.6) is 5.75 Å². The number of halogens is 2. The van der Waals surface area contributed by atoms with E-state index in [1.807, 2.05) is 37.4 Å². The highest BCUT2D eigenvalue weighted by atomic mass is 79.9. The molecule has 60 heavy (non-hydrogen) atoms. The number of aryl methyl sites for hydroxylation is 1. The van der Waals surface area contributed by atoms with Gasteiger partial charge < -0.3 is 29.7 Å². The Balaban J connectivity index is 0.921. The number of amides is 3. The summed E-state index contributed by atoms with van der Waals surface area (Å²) in [5.74, 6) is -0.565. The number of imide groups is 1. The Morgan fingerprint density at radius 1 is 1.02 bits per heavy atom. The van der Waals surface area contributed by atoms with Crippen molar-refractivity contribution in [1.29, 1.82) is 0 Å². The number of nitrogens with zero attached hydrogens (tertiary/aromatic N) is 7. The number of carbonyl (C=O) groups excluding carboxylic acids is 3. The van der Waals surface area contributed by atoms with E-state index >= 15 is 4.39 Å². The van der Waals surface area contributed by atoms with Crippen LogP contribution in [0.3, 0.4) is 0 Å². The molecule has 0 aliphatic carbocycles. The van der Waals surface area contributed by atoms with Gasteiger partial charge in [0.1, 0.15) is 36.1 Å². The van der Waals surface area contributed by atoms with Crippen molar-refractivity contribution in [2.45, 2.75) is 57.8 Å². The zero-order valence-electron chi connectivity index (χ0n) is 33.9. The minimum Gasteiger partial charge on any atom is -0.494 e. The summed E-state index contributed by atoms with van der Waals surface area (Å²) in [6.45, 7) is 7.70. The van der Waals surface area contributed by atoms with Crippen LogP contribution in [0, 0.1) is 12.7 Å². The monoisotopic (exact) mass is 898 g/mol. The molecular formula is C42H45BrFN10O5P. The minimum atomic E-state index is -2.79. The van der Waals surface area contributed by atoms with E-state index < -0.39 is 30.8 Å². The molecule has 18 heteroatoms. The minimum absolute atomic E-state index is 0.00565. The maximum atomic E-state index is 15.4. The predicted molar refractivity (Wildman–Crippen MR) is 232 cm³/mol. The molecule has 1 atom stereocenters. The third-order valence-electron chi connectivity index (χ3n) is 11.4. The fraction of sp³-hybridized carbons (Fsp3) is 0.357. The van der Waals surface area contributed by atoms with Crippen LogP contribution >= 0.6 is 23.1 Å². The maximum absolute atomic E-state index is 15.4. The van der Waals surface area contributed by atoms with Gasteiger partial charge in [0.05, 0.1) is 39.3 Å². The van der Waals surface area contributed by atoms with E-state index in [9.17, 15) is 18.9 Å². The van der Waals surface area contributed by atoms with Crippen LogP contribution in [-0.2, 0) is 27.2 Å². The molecule has 0 saturated carbocycles. The molecule has 0 spiro atoms. The maximum Gasteiger partial charge on any atom is 0.258 e. The van der Waals surface area contributed by atoms with Gasteiger partial charge in [0.25, 0.3) is 5.91 Å². The number of rotatable bonds is 11. The number of ether oxygens (including phenoxy) is 1. The zero-order valence-corrected chi connectivity index (χ0v) is 36.4. The van der Waals surface area contributed by atoms with E-state index in [2.05, 4.69) is 63.6 Å². The molecular weight excluding hydrogens is 854 g/mol. The lowest BCUT2D eigenvalue weighted by molar-refractivity contribution is -0.136. The van der Waals surface area contributed by atoms with Crippen LogP contribution < -0.4 is 30.9 Å². The van der Waals surface area contributed by atoms with Crippen molar-refractivity contribution >= 4 is 86.0 Å². The second-order valence-electron chi connectivity index (χ2n) is 15.9. The Kier molecular flexibility index (Phi) is 11.3. The van der Waals surface area contributed by atoms with Crippen LogP contribution in [0.2, 0.25) is 0 Å². The largest absolute Gasteiger partial charge is 0.494 e. The number of carbonyl (C=O) groups is 3. The molecule has 5 heterocycles. The number of nitrogens with one attached hydrogen (secondary N) is 3. The van der Waals surface area contributed by atoms with E-state index in [0.717, 1.165) is 42.7 Å². The van der Waals surface area contributed by atoms with Crippen LogP contribution in [-0.4, -0.2) is 100 Å². The van der Waals surface area contributed by atoms with Crippen molar-refractivity contribution in [2.24, 2.45) is 0 Å². The summed E-state index contributed by atoms with van der Waals surface area (Å²) < 4.78 is 35.4. The van der Waals surface area contributed by atoms with Crippen molar-refractivity contribution in [3.8, 4) is 5.75 Å². The standard InChI is InChI=1S/C42H45BrFN10O5P/c1-23-16-31(49-42-47-20-27(43)39(51-42)48-30-7-6-29-37(46-13-12-45-29)38(30)60(4,5)58)34(59-3)19-33(23)53-14-10-26(11-15-53)52(2)21-24-17-25-22-54(41(57)36(25)28(44)18-24)32-8-9-35(55)50-40(32)56/h6-7,12-13,16-20,26,32H,8-11,14-15,21-22H2,1-5H3,(H,50,55,56)(H2,47,48,49,51). The molecule has 2 saturated heterocycles. The number of hydrogen-bond acceptors (Lipinski definition) is 13. The second kappa shape index (κ2) is 16.5. The molecule has 0 bridgehead atoms. The van der Waals surface area contributed by atoms with E-state index in [4.69, 9.17) is 9.72 Å². The molecule has 3 aromatic carbocycles. The van der Waals surface area contributed by atoms with Crippen molar-refractivity contribution in [3.05, 3.63) is 87.5 Å². The number of benzene rings is 3. The van der Waals surface area contributed by atoms with E-state index in [0.29, 0.717) is 61.8 Å².